The molecule has 37 heavy (non-hydrogen) atoms. The summed E-state index contributed by atoms with van der Waals surface area (Å²) in [5.74, 6) is -1.40. The topological polar surface area (TPSA) is 118 Å². The van der Waals surface area contributed by atoms with Gasteiger partial charge < -0.3 is 15.0 Å². The fraction of sp³-hybridized carbons (Fsp3) is 0.222. The lowest BCUT2D eigenvalue weighted by Crippen LogP contribution is -2.52. The molecule has 2 aliphatic heterocycles. The second kappa shape index (κ2) is 10.2. The summed E-state index contributed by atoms with van der Waals surface area (Å²) in [7, 11) is 0. The average molecular weight is 503 g/mol. The molecular weight excluding hydrogens is 479 g/mol. The molecule has 3 aromatic rings. The van der Waals surface area contributed by atoms with Crippen molar-refractivity contribution in [3.05, 3.63) is 88.9 Å². The fourth-order valence-corrected chi connectivity index (χ4v) is 4.42. The van der Waals surface area contributed by atoms with Crippen LogP contribution in [0, 0.1) is 5.82 Å². The second-order valence-corrected chi connectivity index (χ2v) is 8.84. The SMILES string of the molecule is O=C1CCC(N2Cc3ccc(CNC(=O)OCc4cccc(-c5ccc(F)cc5)n4)cc3C2=O)C(=O)N1. The van der Waals surface area contributed by atoms with Gasteiger partial charge in [-0.05, 0) is 60.0 Å². The predicted octanol–water partition coefficient (Wildman–Crippen LogP) is 3.08. The van der Waals surface area contributed by atoms with Gasteiger partial charge >= 0.3 is 6.09 Å². The molecule has 0 radical (unpaired) electrons. The van der Waals surface area contributed by atoms with E-state index in [1.165, 1.54) is 17.0 Å². The Morgan fingerprint density at radius 3 is 2.70 bits per heavy atom. The van der Waals surface area contributed by atoms with Gasteiger partial charge in [0, 0.05) is 30.6 Å². The van der Waals surface area contributed by atoms with Gasteiger partial charge in [-0.3, -0.25) is 19.7 Å². The first-order valence-electron chi connectivity index (χ1n) is 11.8. The number of carbonyl (C=O) groups is 4. The number of benzene rings is 2. The molecule has 0 bridgehead atoms. The molecule has 0 saturated carbocycles. The molecule has 1 atom stereocenters. The standard InChI is InChI=1S/C27H23FN4O5/c28-19-8-6-17(7-9-19)22-3-1-2-20(30-22)15-37-27(36)29-13-16-4-5-18-14-32(26(35)21(18)12-16)23-10-11-24(33)31-25(23)34/h1-9,12,23H,10-11,13-15H2,(H,29,36)(H,31,33,34). The molecule has 1 aromatic heterocycles. The Balaban J connectivity index is 1.15. The van der Waals surface area contributed by atoms with E-state index in [9.17, 15) is 23.6 Å². The van der Waals surface area contributed by atoms with Crippen LogP contribution in [0.2, 0.25) is 0 Å². The summed E-state index contributed by atoms with van der Waals surface area (Å²) in [6.07, 6.45) is -0.155. The number of rotatable bonds is 6. The molecule has 0 aliphatic carbocycles. The third-order valence-corrected chi connectivity index (χ3v) is 6.33. The van der Waals surface area contributed by atoms with Crippen LogP contribution < -0.4 is 10.6 Å². The Hall–Kier alpha value is -4.60. The fourth-order valence-electron chi connectivity index (χ4n) is 4.42. The number of pyridine rings is 1. The van der Waals surface area contributed by atoms with Gasteiger partial charge in [-0.1, -0.05) is 18.2 Å². The molecule has 4 amide bonds. The highest BCUT2D eigenvalue weighted by Crippen LogP contribution is 2.28. The summed E-state index contributed by atoms with van der Waals surface area (Å²) in [5.41, 5.74) is 3.87. The van der Waals surface area contributed by atoms with Crippen LogP contribution in [-0.4, -0.2) is 39.7 Å². The number of piperidine rings is 1. The molecule has 3 heterocycles. The van der Waals surface area contributed by atoms with E-state index in [1.807, 2.05) is 0 Å². The van der Waals surface area contributed by atoms with Gasteiger partial charge in [0.25, 0.3) is 5.91 Å². The van der Waals surface area contributed by atoms with E-state index in [4.69, 9.17) is 4.74 Å². The molecule has 10 heteroatoms. The van der Waals surface area contributed by atoms with Gasteiger partial charge in [0.15, 0.2) is 0 Å². The molecule has 9 nitrogen and oxygen atoms in total. The monoisotopic (exact) mass is 502 g/mol. The van der Waals surface area contributed by atoms with Crippen LogP contribution in [0.1, 0.15) is 40.0 Å². The number of carbonyl (C=O) groups excluding carboxylic acids is 4. The van der Waals surface area contributed by atoms with Crippen molar-refractivity contribution in [1.82, 2.24) is 20.5 Å². The lowest BCUT2D eigenvalue weighted by atomic mass is 10.0. The van der Waals surface area contributed by atoms with Crippen LogP contribution in [0.5, 0.6) is 0 Å². The number of fused-ring (bicyclic) bond motifs is 1. The molecule has 1 fully saturated rings. The summed E-state index contributed by atoms with van der Waals surface area (Å²) in [6, 6.07) is 15.9. The lowest BCUT2D eigenvalue weighted by molar-refractivity contribution is -0.136. The van der Waals surface area contributed by atoms with E-state index in [1.54, 1.807) is 48.5 Å². The lowest BCUT2D eigenvalue weighted by Gasteiger charge is -2.29. The van der Waals surface area contributed by atoms with Crippen molar-refractivity contribution in [1.29, 1.82) is 0 Å². The van der Waals surface area contributed by atoms with E-state index in [-0.39, 0.29) is 37.2 Å². The molecule has 2 N–H and O–H groups in total. The van der Waals surface area contributed by atoms with Crippen molar-refractivity contribution in [3.63, 3.8) is 0 Å². The Labute approximate surface area is 211 Å². The zero-order valence-electron chi connectivity index (χ0n) is 19.7. The first-order chi connectivity index (χ1) is 17.9. The van der Waals surface area contributed by atoms with Crippen LogP contribution in [0.25, 0.3) is 11.3 Å². The van der Waals surface area contributed by atoms with Gasteiger partial charge in [-0.2, -0.15) is 0 Å². The quantitative estimate of drug-likeness (QED) is 0.501. The van der Waals surface area contributed by atoms with Crippen molar-refractivity contribution in [3.8, 4) is 11.3 Å². The second-order valence-electron chi connectivity index (χ2n) is 8.84. The number of amides is 4. The number of hydrogen-bond donors (Lipinski definition) is 2. The molecular formula is C27H23FN4O5. The van der Waals surface area contributed by atoms with E-state index in [0.717, 1.165) is 11.1 Å². The van der Waals surface area contributed by atoms with E-state index < -0.39 is 18.0 Å². The number of ether oxygens (including phenoxy) is 1. The predicted molar refractivity (Wildman–Crippen MR) is 129 cm³/mol. The number of aromatic nitrogens is 1. The zero-order valence-corrected chi connectivity index (χ0v) is 19.7. The molecule has 188 valence electrons. The van der Waals surface area contributed by atoms with E-state index >= 15 is 0 Å². The Bertz CT molecular complexity index is 1390. The smallest absolute Gasteiger partial charge is 0.407 e. The Kier molecular flexibility index (Phi) is 6.63. The normalized spacial score (nSPS) is 16.8. The van der Waals surface area contributed by atoms with Crippen LogP contribution in [0.4, 0.5) is 9.18 Å². The van der Waals surface area contributed by atoms with Gasteiger partial charge in [0.1, 0.15) is 18.5 Å². The molecule has 0 spiro atoms. The number of imide groups is 1. The van der Waals surface area contributed by atoms with Crippen molar-refractivity contribution in [2.45, 2.75) is 38.6 Å². The minimum Gasteiger partial charge on any atom is -0.443 e. The van der Waals surface area contributed by atoms with Crippen molar-refractivity contribution < 1.29 is 28.3 Å². The maximum Gasteiger partial charge on any atom is 0.407 e. The molecule has 1 unspecified atom stereocenters. The third-order valence-electron chi connectivity index (χ3n) is 6.33. The minimum absolute atomic E-state index is 0.0511. The van der Waals surface area contributed by atoms with Crippen LogP contribution >= 0.6 is 0 Å². The van der Waals surface area contributed by atoms with Gasteiger partial charge in [-0.15, -0.1) is 0 Å². The summed E-state index contributed by atoms with van der Waals surface area (Å²) in [6.45, 7) is 0.380. The summed E-state index contributed by atoms with van der Waals surface area (Å²) in [5, 5.41) is 4.94. The number of alkyl carbamates (subject to hydrolysis) is 1. The summed E-state index contributed by atoms with van der Waals surface area (Å²) < 4.78 is 18.4. The average Bonchev–Trinajstić information content (AvgIpc) is 3.22. The largest absolute Gasteiger partial charge is 0.443 e. The number of nitrogens with one attached hydrogen (secondary N) is 2. The molecule has 5 rings (SSSR count). The highest BCUT2D eigenvalue weighted by atomic mass is 19.1. The summed E-state index contributed by atoms with van der Waals surface area (Å²) in [4.78, 5) is 54.7. The maximum atomic E-state index is 13.2. The molecule has 2 aromatic carbocycles. The van der Waals surface area contributed by atoms with E-state index in [0.29, 0.717) is 35.5 Å². The van der Waals surface area contributed by atoms with Gasteiger partial charge in [0.05, 0.1) is 11.4 Å². The van der Waals surface area contributed by atoms with Crippen LogP contribution in [0.15, 0.2) is 60.7 Å². The first-order valence-corrected chi connectivity index (χ1v) is 11.8. The van der Waals surface area contributed by atoms with Gasteiger partial charge in [0.2, 0.25) is 11.8 Å². The molecule has 1 saturated heterocycles. The zero-order chi connectivity index (χ0) is 25.9. The maximum absolute atomic E-state index is 13.2. The minimum atomic E-state index is -0.677. The number of nitrogens with zero attached hydrogens (tertiary/aromatic N) is 2. The number of hydrogen-bond acceptors (Lipinski definition) is 6. The van der Waals surface area contributed by atoms with Crippen molar-refractivity contribution in [2.75, 3.05) is 0 Å². The van der Waals surface area contributed by atoms with E-state index in [2.05, 4.69) is 15.6 Å². The molecule has 2 aliphatic rings. The van der Waals surface area contributed by atoms with Gasteiger partial charge in [-0.25, -0.2) is 14.2 Å². The van der Waals surface area contributed by atoms with Crippen LogP contribution in [0.3, 0.4) is 0 Å². The van der Waals surface area contributed by atoms with Crippen molar-refractivity contribution in [2.24, 2.45) is 0 Å². The summed E-state index contributed by atoms with van der Waals surface area (Å²) >= 11 is 0. The highest BCUT2D eigenvalue weighted by molar-refractivity contribution is 6.05. The highest BCUT2D eigenvalue weighted by Gasteiger charge is 2.39. The van der Waals surface area contributed by atoms with Crippen LogP contribution in [-0.2, 0) is 34.0 Å². The third kappa shape index (κ3) is 5.32. The van der Waals surface area contributed by atoms with Crippen molar-refractivity contribution >= 4 is 23.8 Å². The Morgan fingerprint density at radius 2 is 1.92 bits per heavy atom. The number of halogens is 1. The Morgan fingerprint density at radius 1 is 1.11 bits per heavy atom. The first kappa shape index (κ1) is 24.1.